The summed E-state index contributed by atoms with van der Waals surface area (Å²) in [4.78, 5) is 18.1. The first kappa shape index (κ1) is 26.0. The van der Waals surface area contributed by atoms with E-state index in [1.807, 2.05) is 90.4 Å². The van der Waals surface area contributed by atoms with Crippen molar-refractivity contribution in [1.82, 2.24) is 19.7 Å². The van der Waals surface area contributed by atoms with E-state index in [1.165, 1.54) is 23.1 Å². The van der Waals surface area contributed by atoms with Gasteiger partial charge in [-0.15, -0.1) is 21.5 Å². The summed E-state index contributed by atoms with van der Waals surface area (Å²) in [6.07, 6.45) is 2.43. The molecule has 0 atom stereocenters. The Kier molecular flexibility index (Phi) is 8.37. The van der Waals surface area contributed by atoms with Gasteiger partial charge in [0.1, 0.15) is 5.75 Å². The van der Waals surface area contributed by atoms with Gasteiger partial charge in [-0.3, -0.25) is 9.36 Å². The van der Waals surface area contributed by atoms with Crippen molar-refractivity contribution in [2.24, 2.45) is 0 Å². The van der Waals surface area contributed by atoms with Crippen molar-refractivity contribution in [3.05, 3.63) is 101 Å². The number of carbonyl (C=O) groups is 1. The fraction of sp³-hybridized carbons (Fsp3) is 0.143. The number of halogens is 1. The van der Waals surface area contributed by atoms with E-state index >= 15 is 0 Å². The van der Waals surface area contributed by atoms with Crippen LogP contribution in [0.15, 0.2) is 90.2 Å². The van der Waals surface area contributed by atoms with Gasteiger partial charge in [-0.1, -0.05) is 59.8 Å². The second kappa shape index (κ2) is 12.3. The maximum Gasteiger partial charge on any atom is 0.236 e. The van der Waals surface area contributed by atoms with E-state index in [4.69, 9.17) is 16.3 Å². The van der Waals surface area contributed by atoms with Crippen LogP contribution in [0.25, 0.3) is 17.1 Å². The average Bonchev–Trinajstić information content (AvgIpc) is 3.57. The maximum absolute atomic E-state index is 12.8. The molecule has 1 N–H and O–H groups in total. The van der Waals surface area contributed by atoms with E-state index in [-0.39, 0.29) is 11.7 Å². The summed E-state index contributed by atoms with van der Waals surface area (Å²) >= 11 is 9.03. The molecule has 0 radical (unpaired) electrons. The number of nitrogens with one attached hydrogen (secondary N) is 1. The molecule has 0 saturated heterocycles. The van der Waals surface area contributed by atoms with E-state index in [0.29, 0.717) is 29.1 Å². The predicted octanol–water partition coefficient (Wildman–Crippen LogP) is 6.76. The number of ether oxygens (including phenoxy) is 1. The van der Waals surface area contributed by atoms with E-state index in [1.54, 1.807) is 6.20 Å². The molecule has 38 heavy (non-hydrogen) atoms. The summed E-state index contributed by atoms with van der Waals surface area (Å²) in [5.74, 6) is 1.48. The Bertz CT molecular complexity index is 1520. The number of rotatable bonds is 10. The third-order valence-corrected chi connectivity index (χ3v) is 7.74. The molecule has 1 amide bonds. The molecule has 0 bridgehead atoms. The van der Waals surface area contributed by atoms with Crippen LogP contribution in [0.2, 0.25) is 5.02 Å². The lowest BCUT2D eigenvalue weighted by atomic mass is 10.1. The molecule has 0 saturated carbocycles. The van der Waals surface area contributed by atoms with Gasteiger partial charge in [-0.2, -0.15) is 0 Å². The molecule has 10 heteroatoms. The van der Waals surface area contributed by atoms with Crippen LogP contribution in [0.4, 0.5) is 5.13 Å². The Morgan fingerprint density at radius 1 is 1.03 bits per heavy atom. The van der Waals surface area contributed by atoms with Gasteiger partial charge in [0.2, 0.25) is 5.91 Å². The summed E-state index contributed by atoms with van der Waals surface area (Å²) in [7, 11) is 0. The minimum Gasteiger partial charge on any atom is -0.494 e. The molecule has 5 aromatic rings. The number of anilines is 1. The zero-order chi connectivity index (χ0) is 26.3. The topological polar surface area (TPSA) is 81.9 Å². The summed E-state index contributed by atoms with van der Waals surface area (Å²) in [5.41, 5.74) is 2.83. The van der Waals surface area contributed by atoms with Crippen LogP contribution in [0.3, 0.4) is 0 Å². The highest BCUT2D eigenvalue weighted by atomic mass is 35.5. The van der Waals surface area contributed by atoms with Crippen LogP contribution in [0, 0.1) is 0 Å². The van der Waals surface area contributed by atoms with Crippen LogP contribution >= 0.6 is 34.7 Å². The molecule has 0 fully saturated rings. The Morgan fingerprint density at radius 3 is 2.55 bits per heavy atom. The number of hydrogen-bond acceptors (Lipinski definition) is 7. The largest absolute Gasteiger partial charge is 0.494 e. The number of nitrogens with zero attached hydrogens (tertiary/aromatic N) is 4. The van der Waals surface area contributed by atoms with Crippen LogP contribution in [0.1, 0.15) is 17.4 Å². The lowest BCUT2D eigenvalue weighted by Gasteiger charge is -2.11. The van der Waals surface area contributed by atoms with E-state index < -0.39 is 0 Å². The first-order valence-electron chi connectivity index (χ1n) is 12.0. The molecular weight excluding hydrogens is 538 g/mol. The Morgan fingerprint density at radius 2 is 1.79 bits per heavy atom. The fourth-order valence-corrected chi connectivity index (χ4v) is 5.60. The van der Waals surface area contributed by atoms with Gasteiger partial charge in [-0.05, 0) is 55.0 Å². The van der Waals surface area contributed by atoms with Crippen molar-refractivity contribution in [1.29, 1.82) is 0 Å². The third-order valence-electron chi connectivity index (χ3n) is 5.53. The Labute approximate surface area is 233 Å². The van der Waals surface area contributed by atoms with Crippen LogP contribution in [0.5, 0.6) is 5.75 Å². The monoisotopic (exact) mass is 561 g/mol. The zero-order valence-electron chi connectivity index (χ0n) is 20.5. The number of benzene rings is 3. The summed E-state index contributed by atoms with van der Waals surface area (Å²) in [5, 5.41) is 13.6. The fourth-order valence-electron chi connectivity index (χ4n) is 3.79. The minimum absolute atomic E-state index is 0.160. The smallest absolute Gasteiger partial charge is 0.236 e. The summed E-state index contributed by atoms with van der Waals surface area (Å²) in [6.45, 7) is 2.56. The van der Waals surface area contributed by atoms with Gasteiger partial charge in [0.05, 0.1) is 12.4 Å². The first-order chi connectivity index (χ1) is 18.6. The van der Waals surface area contributed by atoms with Gasteiger partial charge in [0.25, 0.3) is 0 Å². The highest BCUT2D eigenvalue weighted by Gasteiger charge is 2.18. The molecule has 2 aromatic heterocycles. The molecule has 3 aromatic carbocycles. The van der Waals surface area contributed by atoms with E-state index in [0.717, 1.165) is 32.5 Å². The number of hydrogen-bond donors (Lipinski definition) is 1. The molecule has 0 unspecified atom stereocenters. The van der Waals surface area contributed by atoms with Crippen molar-refractivity contribution in [2.75, 3.05) is 17.7 Å². The van der Waals surface area contributed by atoms with Crippen molar-refractivity contribution in [3.8, 4) is 22.8 Å². The van der Waals surface area contributed by atoms with Crippen LogP contribution < -0.4 is 10.1 Å². The molecule has 192 valence electrons. The van der Waals surface area contributed by atoms with Crippen molar-refractivity contribution < 1.29 is 9.53 Å². The maximum atomic E-state index is 12.8. The molecule has 0 spiro atoms. The van der Waals surface area contributed by atoms with Crippen molar-refractivity contribution >= 4 is 45.7 Å². The summed E-state index contributed by atoms with van der Waals surface area (Å²) in [6, 6.07) is 25.3. The Hall–Kier alpha value is -3.66. The molecule has 0 aliphatic rings. The number of thiazole rings is 1. The molecule has 0 aliphatic carbocycles. The molecule has 0 aliphatic heterocycles. The normalized spacial score (nSPS) is 10.9. The lowest BCUT2D eigenvalue weighted by Crippen LogP contribution is -2.14. The zero-order valence-corrected chi connectivity index (χ0v) is 22.9. The number of carbonyl (C=O) groups excluding carboxylic acids is 1. The number of thioether (sulfide) groups is 1. The van der Waals surface area contributed by atoms with E-state index in [9.17, 15) is 4.79 Å². The van der Waals surface area contributed by atoms with Gasteiger partial charge in [0.15, 0.2) is 16.1 Å². The molecule has 5 rings (SSSR count). The molecular formula is C28H24ClN5O2S2. The van der Waals surface area contributed by atoms with Gasteiger partial charge in [-0.25, -0.2) is 4.98 Å². The van der Waals surface area contributed by atoms with Crippen LogP contribution in [-0.4, -0.2) is 38.0 Å². The van der Waals surface area contributed by atoms with Gasteiger partial charge in [0, 0.05) is 33.8 Å². The second-order valence-electron chi connectivity index (χ2n) is 8.17. The van der Waals surface area contributed by atoms with Gasteiger partial charge < -0.3 is 10.1 Å². The third kappa shape index (κ3) is 6.24. The average molecular weight is 562 g/mol. The summed E-state index contributed by atoms with van der Waals surface area (Å²) < 4.78 is 7.52. The van der Waals surface area contributed by atoms with Crippen LogP contribution in [-0.2, 0) is 11.2 Å². The number of amides is 1. The highest BCUT2D eigenvalue weighted by Crippen LogP contribution is 2.30. The first-order valence-corrected chi connectivity index (χ1v) is 14.1. The Balaban J connectivity index is 1.29. The highest BCUT2D eigenvalue weighted by molar-refractivity contribution is 7.99. The predicted molar refractivity (Wildman–Crippen MR) is 154 cm³/mol. The van der Waals surface area contributed by atoms with Gasteiger partial charge >= 0.3 is 0 Å². The quantitative estimate of drug-likeness (QED) is 0.190. The standard InChI is InChI=1S/C28H24ClN5O2S2/c1-2-36-22-14-12-19(13-15-22)26-32-33-28(34(26)21-9-4-3-5-10-21)37-18-25(35)31-27-30-17-23(38-27)16-20-8-6-7-11-24(20)29/h3-15,17H,2,16,18H2,1H3,(H,30,31,35). The lowest BCUT2D eigenvalue weighted by molar-refractivity contribution is -0.113. The SMILES string of the molecule is CCOc1ccc(-c2nnc(SCC(=O)Nc3ncc(Cc4ccccc4Cl)s3)n2-c2ccccc2)cc1. The second-order valence-corrected chi connectivity index (χ2v) is 10.6. The van der Waals surface area contributed by atoms with Crippen molar-refractivity contribution in [3.63, 3.8) is 0 Å². The van der Waals surface area contributed by atoms with Crippen molar-refractivity contribution in [2.45, 2.75) is 18.5 Å². The molecule has 7 nitrogen and oxygen atoms in total. The minimum atomic E-state index is -0.168. The molecule has 2 heterocycles. The number of aromatic nitrogens is 4. The number of para-hydroxylation sites is 1. The van der Waals surface area contributed by atoms with E-state index in [2.05, 4.69) is 20.5 Å².